The fraction of sp³-hybridized carbons (Fsp3) is 0.556. The van der Waals surface area contributed by atoms with Crippen LogP contribution >= 0.6 is 11.6 Å². The van der Waals surface area contributed by atoms with Crippen molar-refractivity contribution in [2.24, 2.45) is 0 Å². The molecule has 1 fully saturated rings. The van der Waals surface area contributed by atoms with Crippen LogP contribution in [0.3, 0.4) is 0 Å². The molecular weight excluding hydrogens is 312 g/mol. The quantitative estimate of drug-likeness (QED) is 0.615. The van der Waals surface area contributed by atoms with E-state index < -0.39 is 0 Å². The van der Waals surface area contributed by atoms with Gasteiger partial charge in [0.1, 0.15) is 0 Å². The molecule has 2 N–H and O–H groups in total. The Kier molecular flexibility index (Phi) is 7.40. The average molecular weight is 337 g/mol. The Balaban J connectivity index is 1.61. The Hall–Kier alpha value is -1.55. The van der Waals surface area contributed by atoms with Crippen molar-refractivity contribution in [1.82, 2.24) is 10.6 Å². The van der Waals surface area contributed by atoms with Gasteiger partial charge in [-0.2, -0.15) is 0 Å². The Morgan fingerprint density at radius 3 is 2.35 bits per heavy atom. The smallest absolute Gasteiger partial charge is 0.251 e. The molecule has 0 aliphatic heterocycles. The van der Waals surface area contributed by atoms with Crippen LogP contribution in [0.25, 0.3) is 0 Å². The molecule has 1 aliphatic carbocycles. The van der Waals surface area contributed by atoms with Crippen LogP contribution in [0, 0.1) is 0 Å². The first-order valence-electron chi connectivity index (χ1n) is 8.48. The van der Waals surface area contributed by atoms with Crippen LogP contribution in [0.15, 0.2) is 24.3 Å². The predicted molar refractivity (Wildman–Crippen MR) is 92.7 cm³/mol. The van der Waals surface area contributed by atoms with Gasteiger partial charge in [-0.1, -0.05) is 37.3 Å². The Morgan fingerprint density at radius 1 is 1.04 bits per heavy atom. The van der Waals surface area contributed by atoms with Gasteiger partial charge >= 0.3 is 0 Å². The van der Waals surface area contributed by atoms with Crippen LogP contribution in [0.2, 0.25) is 5.02 Å². The Morgan fingerprint density at radius 2 is 1.70 bits per heavy atom. The molecule has 5 heteroatoms. The third-order valence-electron chi connectivity index (χ3n) is 4.19. The zero-order chi connectivity index (χ0) is 16.5. The molecule has 1 aromatic rings. The molecule has 0 bridgehead atoms. The van der Waals surface area contributed by atoms with Crippen molar-refractivity contribution in [3.63, 3.8) is 0 Å². The summed E-state index contributed by atoms with van der Waals surface area (Å²) in [5, 5.41) is 6.55. The second kappa shape index (κ2) is 9.56. The topological polar surface area (TPSA) is 58.2 Å². The van der Waals surface area contributed by atoms with Gasteiger partial charge in [0.15, 0.2) is 0 Å². The van der Waals surface area contributed by atoms with Crippen LogP contribution in [0.1, 0.15) is 61.7 Å². The van der Waals surface area contributed by atoms with Gasteiger partial charge < -0.3 is 10.6 Å². The summed E-state index contributed by atoms with van der Waals surface area (Å²) in [5.74, 6) is -0.0384. The van der Waals surface area contributed by atoms with Gasteiger partial charge in [0.2, 0.25) is 5.91 Å². The minimum absolute atomic E-state index is 0.0950. The van der Waals surface area contributed by atoms with E-state index in [0.29, 0.717) is 36.0 Å². The summed E-state index contributed by atoms with van der Waals surface area (Å²) < 4.78 is 0. The van der Waals surface area contributed by atoms with Gasteiger partial charge in [0.25, 0.3) is 5.91 Å². The standard InChI is InChI=1S/C18H25ClN2O2/c19-15-11-9-14(10-12-15)18(23)20-13-5-8-17(22)21-16-6-3-1-2-4-7-16/h9-12,16H,1-8,13H2,(H,20,23)(H,21,22). The zero-order valence-electron chi connectivity index (χ0n) is 13.4. The molecule has 0 unspecified atom stereocenters. The third kappa shape index (κ3) is 6.61. The van der Waals surface area contributed by atoms with E-state index in [2.05, 4.69) is 10.6 Å². The monoisotopic (exact) mass is 336 g/mol. The molecule has 1 aromatic carbocycles. The summed E-state index contributed by atoms with van der Waals surface area (Å²) in [5.41, 5.74) is 0.581. The number of rotatable bonds is 6. The van der Waals surface area contributed by atoms with Gasteiger partial charge in [0.05, 0.1) is 0 Å². The lowest BCUT2D eigenvalue weighted by Crippen LogP contribution is -2.35. The van der Waals surface area contributed by atoms with Crippen LogP contribution in [0.4, 0.5) is 0 Å². The Labute approximate surface area is 143 Å². The molecule has 23 heavy (non-hydrogen) atoms. The number of hydrogen-bond acceptors (Lipinski definition) is 2. The summed E-state index contributed by atoms with van der Waals surface area (Å²) in [7, 11) is 0. The van der Waals surface area contributed by atoms with Gasteiger partial charge in [-0.05, 0) is 43.5 Å². The summed E-state index contributed by atoms with van der Waals surface area (Å²) >= 11 is 5.79. The minimum Gasteiger partial charge on any atom is -0.353 e. The largest absolute Gasteiger partial charge is 0.353 e. The summed E-state index contributed by atoms with van der Waals surface area (Å²) in [6.45, 7) is 0.500. The number of halogens is 1. The fourth-order valence-electron chi connectivity index (χ4n) is 2.88. The van der Waals surface area contributed by atoms with Crippen molar-refractivity contribution in [2.75, 3.05) is 6.54 Å². The second-order valence-electron chi connectivity index (χ2n) is 6.12. The van der Waals surface area contributed by atoms with E-state index in [1.807, 2.05) is 0 Å². The van der Waals surface area contributed by atoms with Crippen molar-refractivity contribution < 1.29 is 9.59 Å². The third-order valence-corrected chi connectivity index (χ3v) is 4.44. The maximum absolute atomic E-state index is 11.9. The van der Waals surface area contributed by atoms with Crippen LogP contribution in [-0.2, 0) is 4.79 Å². The molecule has 2 rings (SSSR count). The first kappa shape index (κ1) is 17.8. The molecule has 126 valence electrons. The van der Waals surface area contributed by atoms with E-state index >= 15 is 0 Å². The first-order valence-corrected chi connectivity index (χ1v) is 8.86. The first-order chi connectivity index (χ1) is 11.1. The van der Waals surface area contributed by atoms with E-state index in [0.717, 1.165) is 12.8 Å². The van der Waals surface area contributed by atoms with E-state index in [4.69, 9.17) is 11.6 Å². The molecule has 0 radical (unpaired) electrons. The van der Waals surface area contributed by atoms with Crippen molar-refractivity contribution in [3.05, 3.63) is 34.9 Å². The van der Waals surface area contributed by atoms with Crippen LogP contribution in [-0.4, -0.2) is 24.4 Å². The summed E-state index contributed by atoms with van der Waals surface area (Å²) in [4.78, 5) is 23.8. The molecule has 0 heterocycles. The summed E-state index contributed by atoms with van der Waals surface area (Å²) in [6.07, 6.45) is 8.28. The molecule has 2 amide bonds. The molecule has 0 aromatic heterocycles. The second-order valence-corrected chi connectivity index (χ2v) is 6.56. The lowest BCUT2D eigenvalue weighted by atomic mass is 10.1. The highest BCUT2D eigenvalue weighted by molar-refractivity contribution is 6.30. The van der Waals surface area contributed by atoms with Crippen LogP contribution in [0.5, 0.6) is 0 Å². The SMILES string of the molecule is O=C(CCCNC(=O)c1ccc(Cl)cc1)NC1CCCCCC1. The molecular formula is C18H25ClN2O2. The lowest BCUT2D eigenvalue weighted by molar-refractivity contribution is -0.121. The minimum atomic E-state index is -0.133. The fourth-order valence-corrected chi connectivity index (χ4v) is 3.00. The number of benzene rings is 1. The highest BCUT2D eigenvalue weighted by Crippen LogP contribution is 2.17. The highest BCUT2D eigenvalue weighted by atomic mass is 35.5. The molecule has 0 saturated heterocycles. The number of carbonyl (C=O) groups is 2. The van der Waals surface area contributed by atoms with Gasteiger partial charge in [-0.25, -0.2) is 0 Å². The van der Waals surface area contributed by atoms with Gasteiger partial charge in [0, 0.05) is 29.6 Å². The Bertz CT molecular complexity index is 508. The molecule has 0 spiro atoms. The number of nitrogens with one attached hydrogen (secondary N) is 2. The molecule has 1 saturated carbocycles. The average Bonchev–Trinajstić information content (AvgIpc) is 2.80. The normalized spacial score (nSPS) is 15.7. The zero-order valence-corrected chi connectivity index (χ0v) is 14.2. The summed E-state index contributed by atoms with van der Waals surface area (Å²) in [6, 6.07) is 7.11. The lowest BCUT2D eigenvalue weighted by Gasteiger charge is -2.16. The highest BCUT2D eigenvalue weighted by Gasteiger charge is 2.14. The van der Waals surface area contributed by atoms with E-state index in [9.17, 15) is 9.59 Å². The molecule has 1 aliphatic rings. The molecule has 4 nitrogen and oxygen atoms in total. The molecule has 0 atom stereocenters. The number of carbonyl (C=O) groups excluding carboxylic acids is 2. The van der Waals surface area contributed by atoms with Crippen molar-refractivity contribution in [3.8, 4) is 0 Å². The number of hydrogen-bond donors (Lipinski definition) is 2. The number of amides is 2. The van der Waals surface area contributed by atoms with E-state index in [-0.39, 0.29) is 11.8 Å². The predicted octanol–water partition coefficient (Wildman–Crippen LogP) is 3.69. The maximum Gasteiger partial charge on any atom is 0.251 e. The van der Waals surface area contributed by atoms with Gasteiger partial charge in [-0.15, -0.1) is 0 Å². The van der Waals surface area contributed by atoms with Gasteiger partial charge in [-0.3, -0.25) is 9.59 Å². The van der Waals surface area contributed by atoms with Crippen molar-refractivity contribution in [2.45, 2.75) is 57.4 Å². The van der Waals surface area contributed by atoms with Crippen molar-refractivity contribution >= 4 is 23.4 Å². The van der Waals surface area contributed by atoms with E-state index in [1.165, 1.54) is 25.7 Å². The maximum atomic E-state index is 11.9. The van der Waals surface area contributed by atoms with Crippen molar-refractivity contribution in [1.29, 1.82) is 0 Å². The van der Waals surface area contributed by atoms with E-state index in [1.54, 1.807) is 24.3 Å². The van der Waals surface area contributed by atoms with Crippen LogP contribution < -0.4 is 10.6 Å².